The highest BCUT2D eigenvalue weighted by molar-refractivity contribution is 5.72. The summed E-state index contributed by atoms with van der Waals surface area (Å²) in [7, 11) is 0. The number of carbonyl (C=O) groups is 2. The second-order valence-corrected chi connectivity index (χ2v) is 6.06. The molecule has 0 N–H and O–H groups in total. The molecule has 0 aromatic heterocycles. The van der Waals surface area contributed by atoms with Crippen LogP contribution in [0.3, 0.4) is 0 Å². The van der Waals surface area contributed by atoms with Crippen molar-refractivity contribution in [1.29, 1.82) is 0 Å². The summed E-state index contributed by atoms with van der Waals surface area (Å²) in [6, 6.07) is 0. The van der Waals surface area contributed by atoms with Crippen molar-refractivity contribution in [2.75, 3.05) is 13.2 Å². The lowest BCUT2D eigenvalue weighted by Crippen LogP contribution is -2.24. The number of carbonyl (C=O) groups excluding carboxylic acids is 2. The quantitative estimate of drug-likeness (QED) is 0.330. The minimum Gasteiger partial charge on any atom is -0.468 e. The van der Waals surface area contributed by atoms with Crippen molar-refractivity contribution in [2.24, 2.45) is 11.8 Å². The maximum atomic E-state index is 12.0. The summed E-state index contributed by atoms with van der Waals surface area (Å²) in [6.45, 7) is 3.73. The Hall–Kier alpha value is -1.06. The first kappa shape index (κ1) is 18.0. The van der Waals surface area contributed by atoms with E-state index in [0.717, 1.165) is 44.4 Å². The van der Waals surface area contributed by atoms with Crippen LogP contribution < -0.4 is 0 Å². The van der Waals surface area contributed by atoms with Gasteiger partial charge in [0.1, 0.15) is 0 Å². The molecule has 1 fully saturated rings. The standard InChI is InChI=1S/C17H30O4/c1-2-7-15-8-10-16(11-9-15)17(19)21-13-6-4-3-5-12-20-14-18/h14-16H,2-13H2,1H3. The maximum absolute atomic E-state index is 12.0. The Morgan fingerprint density at radius 1 is 1.05 bits per heavy atom. The number of hydrogen-bond donors (Lipinski definition) is 0. The van der Waals surface area contributed by atoms with Gasteiger partial charge >= 0.3 is 5.97 Å². The molecule has 0 unspecified atom stereocenters. The third kappa shape index (κ3) is 8.08. The van der Waals surface area contributed by atoms with Gasteiger partial charge in [-0.2, -0.15) is 0 Å². The Morgan fingerprint density at radius 2 is 1.71 bits per heavy atom. The van der Waals surface area contributed by atoms with Gasteiger partial charge in [-0.25, -0.2) is 0 Å². The first-order chi connectivity index (χ1) is 10.3. The Bertz CT molecular complexity index is 283. The fraction of sp³-hybridized carbons (Fsp3) is 0.882. The zero-order valence-corrected chi connectivity index (χ0v) is 13.4. The molecular weight excluding hydrogens is 268 g/mol. The van der Waals surface area contributed by atoms with Gasteiger partial charge in [-0.05, 0) is 57.3 Å². The van der Waals surface area contributed by atoms with Crippen molar-refractivity contribution in [1.82, 2.24) is 0 Å². The average molecular weight is 298 g/mol. The second-order valence-electron chi connectivity index (χ2n) is 6.06. The van der Waals surface area contributed by atoms with Crippen LogP contribution >= 0.6 is 0 Å². The highest BCUT2D eigenvalue weighted by atomic mass is 16.5. The van der Waals surface area contributed by atoms with E-state index in [2.05, 4.69) is 11.7 Å². The number of esters is 1. The van der Waals surface area contributed by atoms with Crippen molar-refractivity contribution in [3.8, 4) is 0 Å². The molecule has 21 heavy (non-hydrogen) atoms. The van der Waals surface area contributed by atoms with Gasteiger partial charge in [-0.15, -0.1) is 0 Å². The monoisotopic (exact) mass is 298 g/mol. The summed E-state index contributed by atoms with van der Waals surface area (Å²) in [5, 5.41) is 0. The molecular formula is C17H30O4. The van der Waals surface area contributed by atoms with Gasteiger partial charge < -0.3 is 9.47 Å². The van der Waals surface area contributed by atoms with E-state index in [-0.39, 0.29) is 11.9 Å². The van der Waals surface area contributed by atoms with Crippen molar-refractivity contribution >= 4 is 12.4 Å². The van der Waals surface area contributed by atoms with Crippen LogP contribution in [-0.4, -0.2) is 25.7 Å². The van der Waals surface area contributed by atoms with Gasteiger partial charge in [0.2, 0.25) is 0 Å². The van der Waals surface area contributed by atoms with Crippen LogP contribution in [0.4, 0.5) is 0 Å². The second kappa shape index (κ2) is 11.6. The number of ether oxygens (including phenoxy) is 2. The molecule has 0 aromatic carbocycles. The molecule has 0 saturated heterocycles. The van der Waals surface area contributed by atoms with E-state index < -0.39 is 0 Å². The minimum atomic E-state index is 0.00855. The van der Waals surface area contributed by atoms with Crippen LogP contribution in [0.25, 0.3) is 0 Å². The molecule has 0 heterocycles. The van der Waals surface area contributed by atoms with Crippen molar-refractivity contribution in [2.45, 2.75) is 71.1 Å². The lowest BCUT2D eigenvalue weighted by atomic mass is 9.80. The highest BCUT2D eigenvalue weighted by Gasteiger charge is 2.26. The first-order valence-electron chi connectivity index (χ1n) is 8.49. The summed E-state index contributed by atoms with van der Waals surface area (Å²) in [6.07, 6.45) is 10.7. The van der Waals surface area contributed by atoms with E-state index in [1.807, 2.05) is 0 Å². The zero-order valence-electron chi connectivity index (χ0n) is 13.4. The summed E-state index contributed by atoms with van der Waals surface area (Å²) < 4.78 is 10.00. The predicted molar refractivity (Wildman–Crippen MR) is 81.8 cm³/mol. The lowest BCUT2D eigenvalue weighted by Gasteiger charge is -2.26. The topological polar surface area (TPSA) is 52.6 Å². The van der Waals surface area contributed by atoms with Crippen molar-refractivity contribution in [3.63, 3.8) is 0 Å². The molecule has 1 aliphatic carbocycles. The Morgan fingerprint density at radius 3 is 2.33 bits per heavy atom. The van der Waals surface area contributed by atoms with Gasteiger partial charge in [0, 0.05) is 0 Å². The van der Waals surface area contributed by atoms with Gasteiger partial charge in [-0.3, -0.25) is 9.59 Å². The van der Waals surface area contributed by atoms with E-state index in [1.165, 1.54) is 25.7 Å². The summed E-state index contributed by atoms with van der Waals surface area (Å²) in [5.74, 6) is 0.973. The molecule has 0 aliphatic heterocycles. The van der Waals surface area contributed by atoms with Gasteiger partial charge in [0.15, 0.2) is 0 Å². The van der Waals surface area contributed by atoms with E-state index in [0.29, 0.717) is 19.7 Å². The minimum absolute atomic E-state index is 0.00855. The molecule has 0 radical (unpaired) electrons. The number of rotatable bonds is 11. The third-order valence-corrected chi connectivity index (χ3v) is 4.35. The van der Waals surface area contributed by atoms with Gasteiger partial charge in [0.05, 0.1) is 19.1 Å². The van der Waals surface area contributed by atoms with E-state index in [9.17, 15) is 9.59 Å². The highest BCUT2D eigenvalue weighted by Crippen LogP contribution is 2.32. The van der Waals surface area contributed by atoms with Crippen LogP contribution in [0.15, 0.2) is 0 Å². The molecule has 1 aliphatic rings. The zero-order chi connectivity index (χ0) is 15.3. The summed E-state index contributed by atoms with van der Waals surface area (Å²) >= 11 is 0. The molecule has 4 nitrogen and oxygen atoms in total. The number of unbranched alkanes of at least 4 members (excludes halogenated alkanes) is 3. The lowest BCUT2D eigenvalue weighted by molar-refractivity contribution is -0.150. The van der Waals surface area contributed by atoms with Crippen LogP contribution in [0.2, 0.25) is 0 Å². The molecule has 0 spiro atoms. The van der Waals surface area contributed by atoms with E-state index in [1.54, 1.807) is 0 Å². The van der Waals surface area contributed by atoms with Crippen molar-refractivity contribution < 1.29 is 19.1 Å². The number of hydrogen-bond acceptors (Lipinski definition) is 4. The van der Waals surface area contributed by atoms with E-state index in [4.69, 9.17) is 4.74 Å². The van der Waals surface area contributed by atoms with Gasteiger partial charge in [-0.1, -0.05) is 19.8 Å². The van der Waals surface area contributed by atoms with Crippen LogP contribution in [0.5, 0.6) is 0 Å². The molecule has 1 saturated carbocycles. The first-order valence-corrected chi connectivity index (χ1v) is 8.49. The molecule has 4 heteroatoms. The largest absolute Gasteiger partial charge is 0.468 e. The summed E-state index contributed by atoms with van der Waals surface area (Å²) in [4.78, 5) is 21.9. The van der Waals surface area contributed by atoms with Crippen LogP contribution in [-0.2, 0) is 19.1 Å². The van der Waals surface area contributed by atoms with Crippen molar-refractivity contribution in [3.05, 3.63) is 0 Å². The van der Waals surface area contributed by atoms with Crippen LogP contribution in [0, 0.1) is 11.8 Å². The molecule has 1 rings (SSSR count). The average Bonchev–Trinajstić information content (AvgIpc) is 2.51. The molecule has 0 aromatic rings. The predicted octanol–water partition coefficient (Wildman–Crippen LogP) is 3.87. The fourth-order valence-electron chi connectivity index (χ4n) is 3.07. The van der Waals surface area contributed by atoms with Crippen LogP contribution in [0.1, 0.15) is 71.1 Å². The molecule has 0 bridgehead atoms. The molecule has 122 valence electrons. The van der Waals surface area contributed by atoms with Gasteiger partial charge in [0.25, 0.3) is 6.47 Å². The Kier molecular flexibility index (Phi) is 9.92. The molecule has 0 amide bonds. The molecule has 0 atom stereocenters. The van der Waals surface area contributed by atoms with E-state index >= 15 is 0 Å². The summed E-state index contributed by atoms with van der Waals surface area (Å²) in [5.41, 5.74) is 0. The fourth-order valence-corrected chi connectivity index (χ4v) is 3.07. The maximum Gasteiger partial charge on any atom is 0.308 e. The Balaban J connectivity index is 1.98. The Labute approximate surface area is 128 Å². The smallest absolute Gasteiger partial charge is 0.308 e. The normalized spacial score (nSPS) is 21.8. The third-order valence-electron chi connectivity index (χ3n) is 4.35. The SMILES string of the molecule is CCCC1CCC(C(=O)OCCCCCCOC=O)CC1.